The third-order valence-corrected chi connectivity index (χ3v) is 8.73. The summed E-state index contributed by atoms with van der Waals surface area (Å²) in [5.74, 6) is -0.311. The normalized spacial score (nSPS) is 29.5. The van der Waals surface area contributed by atoms with Gasteiger partial charge >= 0.3 is 0 Å². The molecule has 28 heavy (non-hydrogen) atoms. The first kappa shape index (κ1) is 19.3. The Morgan fingerprint density at radius 3 is 2.39 bits per heavy atom. The number of amides is 1. The zero-order valence-electron chi connectivity index (χ0n) is 16.5. The molecule has 2 heterocycles. The third kappa shape index (κ3) is 2.67. The fraction of sp³-hybridized carbons (Fsp3) is 0.409. The van der Waals surface area contributed by atoms with Crippen LogP contribution in [-0.2, 0) is 15.1 Å². The molecular formula is C22H27NO4Si. The summed E-state index contributed by atoms with van der Waals surface area (Å²) in [6, 6.07) is 17.3. The molecule has 148 valence electrons. The Bertz CT molecular complexity index is 882. The smallest absolute Gasteiger partial charge is 0.268 e. The second-order valence-corrected chi connectivity index (χ2v) is 12.3. The summed E-state index contributed by atoms with van der Waals surface area (Å²) < 4.78 is 6.52. The summed E-state index contributed by atoms with van der Waals surface area (Å²) in [6.07, 6.45) is 0.0635. The van der Waals surface area contributed by atoms with Gasteiger partial charge in [-0.25, -0.2) is 0 Å². The molecule has 0 aromatic heterocycles. The predicted octanol–water partition coefficient (Wildman–Crippen LogP) is 3.55. The lowest BCUT2D eigenvalue weighted by atomic mass is 9.82. The van der Waals surface area contributed by atoms with Crippen molar-refractivity contribution in [2.75, 3.05) is 11.5 Å². The molecule has 0 aliphatic carbocycles. The van der Waals surface area contributed by atoms with Crippen molar-refractivity contribution in [1.82, 2.24) is 0 Å². The van der Waals surface area contributed by atoms with Crippen LogP contribution in [0.5, 0.6) is 0 Å². The molecular weight excluding hydrogens is 370 g/mol. The van der Waals surface area contributed by atoms with Crippen molar-refractivity contribution >= 4 is 25.6 Å². The van der Waals surface area contributed by atoms with Gasteiger partial charge in [-0.1, -0.05) is 43.3 Å². The summed E-state index contributed by atoms with van der Waals surface area (Å²) in [5, 5.41) is 9.58. The first-order valence-corrected chi connectivity index (χ1v) is 12.8. The van der Waals surface area contributed by atoms with Gasteiger partial charge in [0.15, 0.2) is 13.9 Å². The molecule has 2 aromatic rings. The number of fused-ring (bicyclic) bond motifs is 2. The van der Waals surface area contributed by atoms with E-state index in [9.17, 15) is 14.7 Å². The number of anilines is 2. The summed E-state index contributed by atoms with van der Waals surface area (Å²) in [4.78, 5) is 26.6. The van der Waals surface area contributed by atoms with E-state index < -0.39 is 13.9 Å². The van der Waals surface area contributed by atoms with Crippen LogP contribution in [0.25, 0.3) is 0 Å². The number of nitrogens with zero attached hydrogens (tertiary/aromatic N) is 1. The van der Waals surface area contributed by atoms with Crippen LogP contribution >= 0.6 is 0 Å². The standard InChI is InChI=1S/C22H27NO4Si/c1-15-20(28(2,3)26)19(13-14-24)27-22(15)17-11-7-8-12-18(17)23(21(22)25)16-9-5-4-6-10-16/h4-12,15,19-20,24,26H,13-14H2,1-3H3/t15-,19+,20-,22+/m1/s1. The van der Waals surface area contributed by atoms with Gasteiger partial charge in [0.2, 0.25) is 0 Å². The summed E-state index contributed by atoms with van der Waals surface area (Å²) >= 11 is 0. The zero-order valence-corrected chi connectivity index (χ0v) is 17.5. The van der Waals surface area contributed by atoms with Gasteiger partial charge in [0, 0.05) is 29.3 Å². The van der Waals surface area contributed by atoms with Gasteiger partial charge in [-0.15, -0.1) is 0 Å². The Hall–Kier alpha value is -1.99. The van der Waals surface area contributed by atoms with Gasteiger partial charge in [-0.3, -0.25) is 9.69 Å². The highest BCUT2D eigenvalue weighted by Crippen LogP contribution is 2.60. The van der Waals surface area contributed by atoms with E-state index in [0.717, 1.165) is 16.9 Å². The number of hydrogen-bond donors (Lipinski definition) is 2. The summed E-state index contributed by atoms with van der Waals surface area (Å²) in [6.45, 7) is 5.76. The average Bonchev–Trinajstić information content (AvgIpc) is 3.09. The van der Waals surface area contributed by atoms with Gasteiger partial charge in [-0.05, 0) is 37.7 Å². The first-order valence-electron chi connectivity index (χ1n) is 9.82. The van der Waals surface area contributed by atoms with Crippen molar-refractivity contribution in [3.05, 3.63) is 60.2 Å². The maximum absolute atomic E-state index is 13.9. The fourth-order valence-corrected chi connectivity index (χ4v) is 7.79. The van der Waals surface area contributed by atoms with Crippen molar-refractivity contribution < 1.29 is 19.4 Å². The predicted molar refractivity (Wildman–Crippen MR) is 111 cm³/mol. The molecule has 6 heteroatoms. The molecule has 5 nitrogen and oxygen atoms in total. The molecule has 4 rings (SSSR count). The van der Waals surface area contributed by atoms with E-state index in [1.165, 1.54) is 0 Å². The van der Waals surface area contributed by atoms with Gasteiger partial charge in [0.1, 0.15) is 0 Å². The summed E-state index contributed by atoms with van der Waals surface area (Å²) in [7, 11) is -2.64. The van der Waals surface area contributed by atoms with Crippen LogP contribution in [0.1, 0.15) is 18.9 Å². The van der Waals surface area contributed by atoms with E-state index in [0.29, 0.717) is 6.42 Å². The van der Waals surface area contributed by atoms with E-state index >= 15 is 0 Å². The van der Waals surface area contributed by atoms with Crippen molar-refractivity contribution in [2.45, 2.75) is 43.7 Å². The zero-order chi connectivity index (χ0) is 20.1. The Balaban J connectivity index is 1.89. The highest BCUT2D eigenvalue weighted by Gasteiger charge is 2.66. The molecule has 1 fully saturated rings. The van der Waals surface area contributed by atoms with Crippen LogP contribution in [0.3, 0.4) is 0 Å². The van der Waals surface area contributed by atoms with Crippen LogP contribution in [0, 0.1) is 5.92 Å². The molecule has 2 N–H and O–H groups in total. The Kier molecular flexibility index (Phi) is 4.70. The lowest BCUT2D eigenvalue weighted by Gasteiger charge is -2.32. The molecule has 2 aliphatic rings. The monoisotopic (exact) mass is 397 g/mol. The van der Waals surface area contributed by atoms with Crippen molar-refractivity contribution in [2.24, 2.45) is 5.92 Å². The van der Waals surface area contributed by atoms with Crippen LogP contribution in [0.2, 0.25) is 18.6 Å². The maximum Gasteiger partial charge on any atom is 0.268 e. The molecule has 0 saturated carbocycles. The largest absolute Gasteiger partial charge is 0.432 e. The second-order valence-electron chi connectivity index (χ2n) is 8.37. The molecule has 2 aromatic carbocycles. The van der Waals surface area contributed by atoms with Gasteiger partial charge < -0.3 is 14.6 Å². The third-order valence-electron chi connectivity index (χ3n) is 6.23. The molecule has 4 atom stereocenters. The molecule has 1 spiro atoms. The minimum absolute atomic E-state index is 0.0350. The molecule has 0 unspecified atom stereocenters. The Morgan fingerprint density at radius 1 is 1.11 bits per heavy atom. The SMILES string of the molecule is C[C@@H]1[C@@H]([Si](C)(C)O)[C@H](CCO)O[C@@]12C(=O)N(c1ccccc1)c1ccccc12. The topological polar surface area (TPSA) is 70.0 Å². The fourth-order valence-electron chi connectivity index (χ4n) is 5.19. The lowest BCUT2D eigenvalue weighted by Crippen LogP contribution is -2.45. The number of carbonyl (C=O) groups is 1. The second kappa shape index (κ2) is 6.81. The maximum atomic E-state index is 13.9. The minimum Gasteiger partial charge on any atom is -0.432 e. The number of benzene rings is 2. The average molecular weight is 398 g/mol. The van der Waals surface area contributed by atoms with Gasteiger partial charge in [-0.2, -0.15) is 0 Å². The van der Waals surface area contributed by atoms with E-state index in [1.54, 1.807) is 4.90 Å². The number of aliphatic hydroxyl groups is 1. The first-order chi connectivity index (χ1) is 13.3. The summed E-state index contributed by atoms with van der Waals surface area (Å²) in [5.41, 5.74) is 1.19. The number of ether oxygens (including phenoxy) is 1. The van der Waals surface area contributed by atoms with Gasteiger partial charge in [0.05, 0.1) is 11.8 Å². The number of para-hydroxylation sites is 2. The minimum atomic E-state index is -2.64. The van der Waals surface area contributed by atoms with Crippen LogP contribution in [0.4, 0.5) is 11.4 Å². The number of rotatable bonds is 4. The van der Waals surface area contributed by atoms with Crippen molar-refractivity contribution in [3.8, 4) is 0 Å². The molecule has 0 bridgehead atoms. The van der Waals surface area contributed by atoms with Crippen molar-refractivity contribution in [3.63, 3.8) is 0 Å². The van der Waals surface area contributed by atoms with Crippen LogP contribution < -0.4 is 4.90 Å². The lowest BCUT2D eigenvalue weighted by molar-refractivity contribution is -0.145. The molecule has 2 aliphatic heterocycles. The quantitative estimate of drug-likeness (QED) is 0.774. The molecule has 0 radical (unpaired) electrons. The molecule has 1 amide bonds. The highest BCUT2D eigenvalue weighted by molar-refractivity contribution is 6.71. The Morgan fingerprint density at radius 2 is 1.75 bits per heavy atom. The van der Waals surface area contributed by atoms with E-state index in [4.69, 9.17) is 4.74 Å². The van der Waals surface area contributed by atoms with Gasteiger partial charge in [0.25, 0.3) is 5.91 Å². The van der Waals surface area contributed by atoms with Crippen LogP contribution in [-0.4, -0.2) is 36.8 Å². The number of aliphatic hydroxyl groups excluding tert-OH is 1. The van der Waals surface area contributed by atoms with E-state index in [1.807, 2.05) is 74.6 Å². The number of hydrogen-bond acceptors (Lipinski definition) is 4. The van der Waals surface area contributed by atoms with Crippen LogP contribution in [0.15, 0.2) is 54.6 Å². The van der Waals surface area contributed by atoms with E-state index in [2.05, 4.69) is 0 Å². The number of carbonyl (C=O) groups excluding carboxylic acids is 1. The van der Waals surface area contributed by atoms with E-state index in [-0.39, 0.29) is 30.1 Å². The molecule has 1 saturated heterocycles. The van der Waals surface area contributed by atoms with Crippen molar-refractivity contribution in [1.29, 1.82) is 0 Å². The Labute approximate surface area is 166 Å². The highest BCUT2D eigenvalue weighted by atomic mass is 28.4.